The topological polar surface area (TPSA) is 25.8 Å². The summed E-state index contributed by atoms with van der Waals surface area (Å²) in [6.07, 6.45) is 1.92. The maximum absolute atomic E-state index is 4.73. The molecule has 4 heteroatoms. The molecule has 14 heavy (non-hydrogen) atoms. The van der Waals surface area contributed by atoms with Gasteiger partial charge in [0.1, 0.15) is 21.6 Å². The van der Waals surface area contributed by atoms with E-state index >= 15 is 0 Å². The van der Waals surface area contributed by atoms with Crippen LogP contribution in [0.25, 0.3) is 0 Å². The largest absolute Gasteiger partial charge is 0.248 e. The van der Waals surface area contributed by atoms with Crippen LogP contribution in [0.3, 0.4) is 0 Å². The molecular weight excluding hydrogens is 204 g/mol. The van der Waals surface area contributed by atoms with E-state index in [9.17, 15) is 0 Å². The second-order valence-electron chi connectivity index (χ2n) is 5.77. The number of hydrogen-bond acceptors (Lipinski definition) is 2. The van der Waals surface area contributed by atoms with Crippen LogP contribution in [0.5, 0.6) is 0 Å². The average molecular weight is 224 g/mol. The molecular formula is C10H20N2Si2. The SMILES string of the molecule is C[Si](C)(C)c1ccnc([Si](C)(C)C)n1. The molecule has 0 aromatic carbocycles. The Bertz CT molecular complexity index is 294. The van der Waals surface area contributed by atoms with Gasteiger partial charge in [-0.25, -0.2) is 9.97 Å². The van der Waals surface area contributed by atoms with Gasteiger partial charge in [0.15, 0.2) is 0 Å². The molecule has 0 amide bonds. The molecule has 0 bridgehead atoms. The lowest BCUT2D eigenvalue weighted by atomic mass is 10.7. The molecule has 0 aliphatic carbocycles. The molecule has 0 spiro atoms. The average Bonchev–Trinajstić information content (AvgIpc) is 2.01. The molecule has 0 atom stereocenters. The lowest BCUT2D eigenvalue weighted by molar-refractivity contribution is 1.23. The van der Waals surface area contributed by atoms with Gasteiger partial charge in [0, 0.05) is 11.5 Å². The molecule has 0 N–H and O–H groups in total. The molecule has 0 aliphatic rings. The van der Waals surface area contributed by atoms with E-state index in [-0.39, 0.29) is 0 Å². The Kier molecular flexibility index (Phi) is 2.97. The molecule has 78 valence electrons. The molecule has 0 radical (unpaired) electrons. The minimum absolute atomic E-state index is 1.09. The monoisotopic (exact) mass is 224 g/mol. The maximum atomic E-state index is 4.73. The molecule has 0 aliphatic heterocycles. The smallest absolute Gasteiger partial charge is 0.125 e. The van der Waals surface area contributed by atoms with Gasteiger partial charge in [-0.05, 0) is 6.07 Å². The van der Waals surface area contributed by atoms with Crippen molar-refractivity contribution in [3.05, 3.63) is 12.3 Å². The van der Waals surface area contributed by atoms with Crippen molar-refractivity contribution in [1.29, 1.82) is 0 Å². The third-order valence-corrected chi connectivity index (χ3v) is 5.49. The lowest BCUT2D eigenvalue weighted by Crippen LogP contribution is -2.50. The van der Waals surface area contributed by atoms with Crippen LogP contribution in [-0.4, -0.2) is 26.1 Å². The first kappa shape index (κ1) is 11.6. The van der Waals surface area contributed by atoms with Crippen LogP contribution >= 0.6 is 0 Å². The Hall–Kier alpha value is -0.486. The summed E-state index contributed by atoms with van der Waals surface area (Å²) in [6, 6.07) is 2.08. The normalized spacial score (nSPS) is 13.0. The summed E-state index contributed by atoms with van der Waals surface area (Å²) in [7, 11) is -2.62. The van der Waals surface area contributed by atoms with E-state index in [1.807, 2.05) is 6.20 Å². The number of rotatable bonds is 2. The first-order valence-corrected chi connectivity index (χ1v) is 12.1. The minimum Gasteiger partial charge on any atom is -0.248 e. The van der Waals surface area contributed by atoms with Crippen LogP contribution in [0.1, 0.15) is 0 Å². The minimum atomic E-state index is -1.34. The van der Waals surface area contributed by atoms with Crippen molar-refractivity contribution < 1.29 is 0 Å². The van der Waals surface area contributed by atoms with E-state index in [0.29, 0.717) is 0 Å². The van der Waals surface area contributed by atoms with Crippen molar-refractivity contribution in [3.8, 4) is 0 Å². The van der Waals surface area contributed by atoms with Gasteiger partial charge >= 0.3 is 0 Å². The standard InChI is InChI=1S/C10H20N2Si2/c1-13(2,3)9-7-8-11-10(12-9)14(4,5)6/h7-8H,1-6H3. The molecule has 2 nitrogen and oxygen atoms in total. The predicted octanol–water partition coefficient (Wildman–Crippen LogP) is 1.57. The van der Waals surface area contributed by atoms with Gasteiger partial charge in [0.25, 0.3) is 0 Å². The Labute approximate surface area is 88.8 Å². The fourth-order valence-electron chi connectivity index (χ4n) is 1.14. The zero-order valence-corrected chi connectivity index (χ0v) is 12.0. The van der Waals surface area contributed by atoms with Gasteiger partial charge in [-0.1, -0.05) is 39.3 Å². The van der Waals surface area contributed by atoms with Gasteiger partial charge in [-0.2, -0.15) is 0 Å². The van der Waals surface area contributed by atoms with Gasteiger partial charge in [0.05, 0.1) is 0 Å². The zero-order valence-electron chi connectivity index (χ0n) is 10.0. The van der Waals surface area contributed by atoms with Crippen LogP contribution in [0.4, 0.5) is 0 Å². The van der Waals surface area contributed by atoms with E-state index in [1.54, 1.807) is 0 Å². The molecule has 1 heterocycles. The van der Waals surface area contributed by atoms with Crippen molar-refractivity contribution >= 4 is 26.9 Å². The Morgan fingerprint density at radius 3 is 1.93 bits per heavy atom. The van der Waals surface area contributed by atoms with Crippen LogP contribution in [0, 0.1) is 0 Å². The van der Waals surface area contributed by atoms with E-state index < -0.39 is 16.1 Å². The summed E-state index contributed by atoms with van der Waals surface area (Å²) in [5.41, 5.74) is 1.09. The van der Waals surface area contributed by atoms with Crippen LogP contribution in [0.2, 0.25) is 39.3 Å². The van der Waals surface area contributed by atoms with E-state index in [1.165, 1.54) is 5.32 Å². The summed E-state index contributed by atoms with van der Waals surface area (Å²) in [4.78, 5) is 9.12. The number of nitrogens with zero attached hydrogens (tertiary/aromatic N) is 2. The van der Waals surface area contributed by atoms with Gasteiger partial charge in [-0.3, -0.25) is 0 Å². The Balaban J connectivity index is 3.15. The van der Waals surface area contributed by atoms with Crippen molar-refractivity contribution in [2.75, 3.05) is 0 Å². The molecule has 1 aromatic rings. The Morgan fingerprint density at radius 2 is 1.50 bits per heavy atom. The summed E-state index contributed by atoms with van der Waals surface area (Å²) < 4.78 is 0. The van der Waals surface area contributed by atoms with Gasteiger partial charge in [0.2, 0.25) is 0 Å². The molecule has 0 unspecified atom stereocenters. The third-order valence-electron chi connectivity index (χ3n) is 2.09. The third kappa shape index (κ3) is 2.75. The van der Waals surface area contributed by atoms with Crippen molar-refractivity contribution in [2.45, 2.75) is 39.3 Å². The van der Waals surface area contributed by atoms with Crippen LogP contribution < -0.4 is 10.8 Å². The first-order valence-electron chi connectivity index (χ1n) is 5.05. The van der Waals surface area contributed by atoms with Crippen molar-refractivity contribution in [3.63, 3.8) is 0 Å². The fourth-order valence-corrected chi connectivity index (χ4v) is 3.18. The first-order chi connectivity index (χ1) is 6.21. The molecule has 0 fully saturated rings. The second-order valence-corrected chi connectivity index (χ2v) is 15.7. The highest BCUT2D eigenvalue weighted by molar-refractivity contribution is 6.89. The quantitative estimate of drug-likeness (QED) is 0.713. The molecule has 1 rings (SSSR count). The summed E-state index contributed by atoms with van der Waals surface area (Å²) in [5, 5.41) is 1.28. The molecule has 0 saturated heterocycles. The predicted molar refractivity (Wildman–Crippen MR) is 68.0 cm³/mol. The summed E-state index contributed by atoms with van der Waals surface area (Å²) in [5.74, 6) is 0. The molecule has 0 saturated carbocycles. The highest BCUT2D eigenvalue weighted by atomic mass is 28.3. The van der Waals surface area contributed by atoms with Crippen molar-refractivity contribution in [2.24, 2.45) is 0 Å². The van der Waals surface area contributed by atoms with Crippen LogP contribution in [0.15, 0.2) is 12.3 Å². The Morgan fingerprint density at radius 1 is 0.929 bits per heavy atom. The summed E-state index contributed by atoms with van der Waals surface area (Å²) in [6.45, 7) is 13.8. The highest BCUT2D eigenvalue weighted by Gasteiger charge is 2.24. The van der Waals surface area contributed by atoms with E-state index in [2.05, 4.69) is 50.3 Å². The van der Waals surface area contributed by atoms with E-state index in [4.69, 9.17) is 4.98 Å². The van der Waals surface area contributed by atoms with Gasteiger partial charge < -0.3 is 0 Å². The lowest BCUT2D eigenvalue weighted by Gasteiger charge is -2.19. The van der Waals surface area contributed by atoms with Gasteiger partial charge in [-0.15, -0.1) is 0 Å². The van der Waals surface area contributed by atoms with E-state index in [0.717, 1.165) is 5.45 Å². The summed E-state index contributed by atoms with van der Waals surface area (Å²) >= 11 is 0. The number of hydrogen-bond donors (Lipinski definition) is 0. The maximum Gasteiger partial charge on any atom is 0.125 e. The fraction of sp³-hybridized carbons (Fsp3) is 0.600. The highest BCUT2D eigenvalue weighted by Crippen LogP contribution is 2.00. The second kappa shape index (κ2) is 3.58. The molecule has 1 aromatic heterocycles. The van der Waals surface area contributed by atoms with Crippen LogP contribution in [-0.2, 0) is 0 Å². The van der Waals surface area contributed by atoms with Crippen molar-refractivity contribution in [1.82, 2.24) is 9.97 Å². The zero-order chi connectivity index (χ0) is 11.0. The number of aromatic nitrogens is 2.